The van der Waals surface area contributed by atoms with E-state index in [2.05, 4.69) is 10.0 Å². The third-order valence-electron chi connectivity index (χ3n) is 4.61. The highest BCUT2D eigenvalue weighted by Gasteiger charge is 2.18. The molecule has 2 aromatic rings. The molecule has 142 valence electrons. The Balaban J connectivity index is 1.64. The molecule has 0 spiro atoms. The highest BCUT2D eigenvalue weighted by Crippen LogP contribution is 2.24. The molecule has 7 heteroatoms. The highest BCUT2D eigenvalue weighted by molar-refractivity contribution is 7.89. The van der Waals surface area contributed by atoms with Crippen molar-refractivity contribution in [3.63, 3.8) is 0 Å². The summed E-state index contributed by atoms with van der Waals surface area (Å²) in [7, 11) is -3.77. The molecular weight excluding hydrogens is 364 g/mol. The van der Waals surface area contributed by atoms with Crippen LogP contribution >= 0.6 is 0 Å². The van der Waals surface area contributed by atoms with Gasteiger partial charge in [0.05, 0.1) is 11.4 Å². The van der Waals surface area contributed by atoms with Gasteiger partial charge in [0.25, 0.3) is 0 Å². The van der Waals surface area contributed by atoms with Crippen molar-refractivity contribution >= 4 is 27.4 Å². The average Bonchev–Trinajstić information content (AvgIpc) is 2.66. The van der Waals surface area contributed by atoms with E-state index in [1.807, 2.05) is 6.07 Å². The van der Waals surface area contributed by atoms with Gasteiger partial charge in [0.1, 0.15) is 0 Å². The average molecular weight is 386 g/mol. The first-order valence-corrected chi connectivity index (χ1v) is 10.4. The molecule has 3 rings (SSSR count). The second-order valence-corrected chi connectivity index (χ2v) is 8.41. The van der Waals surface area contributed by atoms with Crippen molar-refractivity contribution in [2.24, 2.45) is 0 Å². The Hall–Kier alpha value is -2.51. The standard InChI is InChI=1S/C20H22N2O4S/c1-14(23)16-7-4-8-18(11-16)22-20(24)13-21-27(25,26)19-10-9-15-5-2-3-6-17(15)12-19/h4,7-12,21H,2-3,5-6,13H2,1H3,(H,22,24). The second-order valence-electron chi connectivity index (χ2n) is 6.65. The fraction of sp³-hybridized carbons (Fsp3) is 0.300. The highest BCUT2D eigenvalue weighted by atomic mass is 32.2. The van der Waals surface area contributed by atoms with Crippen LogP contribution in [0, 0.1) is 0 Å². The maximum absolute atomic E-state index is 12.5. The Labute approximate surface area is 159 Å². The first-order valence-electron chi connectivity index (χ1n) is 8.87. The van der Waals surface area contributed by atoms with E-state index < -0.39 is 15.9 Å². The van der Waals surface area contributed by atoms with Crippen LogP contribution < -0.4 is 10.0 Å². The molecular formula is C20H22N2O4S. The number of rotatable bonds is 6. The van der Waals surface area contributed by atoms with E-state index in [1.165, 1.54) is 12.5 Å². The SMILES string of the molecule is CC(=O)c1cccc(NC(=O)CNS(=O)(=O)c2ccc3c(c2)CCCC3)c1. The molecule has 0 aliphatic heterocycles. The Morgan fingerprint density at radius 1 is 1.00 bits per heavy atom. The van der Waals surface area contributed by atoms with Gasteiger partial charge in [-0.15, -0.1) is 0 Å². The lowest BCUT2D eigenvalue weighted by atomic mass is 9.92. The summed E-state index contributed by atoms with van der Waals surface area (Å²) >= 11 is 0. The Kier molecular flexibility index (Phi) is 5.72. The molecule has 6 nitrogen and oxygen atoms in total. The first kappa shape index (κ1) is 19.3. The number of anilines is 1. The predicted molar refractivity (Wildman–Crippen MR) is 103 cm³/mol. The molecule has 27 heavy (non-hydrogen) atoms. The first-order chi connectivity index (χ1) is 12.8. The van der Waals surface area contributed by atoms with Gasteiger partial charge in [-0.2, -0.15) is 0 Å². The van der Waals surface area contributed by atoms with Gasteiger partial charge in [0, 0.05) is 11.3 Å². The zero-order valence-corrected chi connectivity index (χ0v) is 15.9. The lowest BCUT2D eigenvalue weighted by Crippen LogP contribution is -2.33. The molecule has 0 fully saturated rings. The van der Waals surface area contributed by atoms with Crippen molar-refractivity contribution in [1.29, 1.82) is 0 Å². The van der Waals surface area contributed by atoms with Crippen molar-refractivity contribution in [2.75, 3.05) is 11.9 Å². The molecule has 0 radical (unpaired) electrons. The van der Waals surface area contributed by atoms with Crippen LogP contribution in [0.4, 0.5) is 5.69 Å². The van der Waals surface area contributed by atoms with Gasteiger partial charge >= 0.3 is 0 Å². The van der Waals surface area contributed by atoms with Crippen molar-refractivity contribution < 1.29 is 18.0 Å². The van der Waals surface area contributed by atoms with Gasteiger partial charge in [-0.25, -0.2) is 13.1 Å². The van der Waals surface area contributed by atoms with Gasteiger partial charge < -0.3 is 5.32 Å². The fourth-order valence-corrected chi connectivity index (χ4v) is 4.17. The monoisotopic (exact) mass is 386 g/mol. The summed E-state index contributed by atoms with van der Waals surface area (Å²) in [5.74, 6) is -0.614. The zero-order chi connectivity index (χ0) is 19.4. The van der Waals surface area contributed by atoms with E-state index in [0.29, 0.717) is 11.3 Å². The van der Waals surface area contributed by atoms with Crippen LogP contribution in [0.2, 0.25) is 0 Å². The summed E-state index contributed by atoms with van der Waals surface area (Å²) in [6.07, 6.45) is 4.05. The minimum atomic E-state index is -3.77. The second kappa shape index (κ2) is 8.02. The number of nitrogens with one attached hydrogen (secondary N) is 2. The summed E-state index contributed by atoms with van der Waals surface area (Å²) in [6.45, 7) is 1.05. The third-order valence-corrected chi connectivity index (χ3v) is 6.00. The lowest BCUT2D eigenvalue weighted by molar-refractivity contribution is -0.115. The number of hydrogen-bond donors (Lipinski definition) is 2. The van der Waals surface area contributed by atoms with Crippen molar-refractivity contribution in [3.8, 4) is 0 Å². The number of amides is 1. The summed E-state index contributed by atoms with van der Waals surface area (Å²) < 4.78 is 27.3. The molecule has 0 bridgehead atoms. The number of ketones is 1. The number of hydrogen-bond acceptors (Lipinski definition) is 4. The van der Waals surface area contributed by atoms with Crippen LogP contribution in [0.5, 0.6) is 0 Å². The summed E-state index contributed by atoms with van der Waals surface area (Å²) in [6, 6.07) is 11.6. The topological polar surface area (TPSA) is 92.3 Å². The van der Waals surface area contributed by atoms with Gasteiger partial charge in [-0.1, -0.05) is 18.2 Å². The van der Waals surface area contributed by atoms with Crippen LogP contribution in [0.25, 0.3) is 0 Å². The number of aryl methyl sites for hydroxylation is 2. The summed E-state index contributed by atoms with van der Waals surface area (Å²) in [5, 5.41) is 2.59. The van der Waals surface area contributed by atoms with Crippen LogP contribution in [0.3, 0.4) is 0 Å². The summed E-state index contributed by atoms with van der Waals surface area (Å²) in [5.41, 5.74) is 3.18. The molecule has 0 atom stereocenters. The molecule has 0 aromatic heterocycles. The van der Waals surface area contributed by atoms with Crippen LogP contribution in [0.1, 0.15) is 41.3 Å². The van der Waals surface area contributed by atoms with Gasteiger partial charge in [0.2, 0.25) is 15.9 Å². The Morgan fingerprint density at radius 3 is 2.48 bits per heavy atom. The quantitative estimate of drug-likeness (QED) is 0.747. The maximum atomic E-state index is 12.5. The van der Waals surface area contributed by atoms with Gasteiger partial charge in [0.15, 0.2) is 5.78 Å². The van der Waals surface area contributed by atoms with Crippen molar-refractivity contribution in [1.82, 2.24) is 4.72 Å². The number of Topliss-reactive ketones (excluding diaryl/α,β-unsaturated/α-hetero) is 1. The number of carbonyl (C=O) groups is 2. The number of carbonyl (C=O) groups excluding carboxylic acids is 2. The van der Waals surface area contributed by atoms with Gasteiger partial charge in [-0.05, 0) is 68.0 Å². The van der Waals surface area contributed by atoms with Crippen LogP contribution in [-0.2, 0) is 27.7 Å². The number of benzene rings is 2. The molecule has 2 aromatic carbocycles. The van der Waals surface area contributed by atoms with Gasteiger partial charge in [-0.3, -0.25) is 9.59 Å². The third kappa shape index (κ3) is 4.81. The minimum Gasteiger partial charge on any atom is -0.325 e. The van der Waals surface area contributed by atoms with E-state index >= 15 is 0 Å². The Bertz CT molecular complexity index is 983. The van der Waals surface area contributed by atoms with Crippen LogP contribution in [0.15, 0.2) is 47.4 Å². The minimum absolute atomic E-state index is 0.112. The van der Waals surface area contributed by atoms with E-state index in [1.54, 1.807) is 36.4 Å². The molecule has 1 amide bonds. The maximum Gasteiger partial charge on any atom is 0.241 e. The number of sulfonamides is 1. The normalized spacial score (nSPS) is 13.7. The van der Waals surface area contributed by atoms with E-state index in [9.17, 15) is 18.0 Å². The van der Waals surface area contributed by atoms with Crippen molar-refractivity contribution in [3.05, 3.63) is 59.2 Å². The summed E-state index contributed by atoms with van der Waals surface area (Å²) in [4.78, 5) is 23.7. The fourth-order valence-electron chi connectivity index (χ4n) is 3.14. The molecule has 0 heterocycles. The molecule has 0 saturated heterocycles. The predicted octanol–water partition coefficient (Wildman–Crippen LogP) is 2.69. The molecule has 0 unspecified atom stereocenters. The largest absolute Gasteiger partial charge is 0.325 e. The zero-order valence-electron chi connectivity index (χ0n) is 15.1. The smallest absolute Gasteiger partial charge is 0.241 e. The molecule has 1 aliphatic carbocycles. The van der Waals surface area contributed by atoms with Crippen LogP contribution in [-0.4, -0.2) is 26.7 Å². The Morgan fingerprint density at radius 2 is 1.74 bits per heavy atom. The molecule has 0 saturated carbocycles. The van der Waals surface area contributed by atoms with E-state index in [-0.39, 0.29) is 17.2 Å². The number of fused-ring (bicyclic) bond motifs is 1. The van der Waals surface area contributed by atoms with Crippen molar-refractivity contribution in [2.45, 2.75) is 37.5 Å². The lowest BCUT2D eigenvalue weighted by Gasteiger charge is -2.16. The molecule has 1 aliphatic rings. The molecule has 2 N–H and O–H groups in total. The van der Waals surface area contributed by atoms with E-state index in [0.717, 1.165) is 31.2 Å². The van der Waals surface area contributed by atoms with E-state index in [4.69, 9.17) is 0 Å².